The van der Waals surface area contributed by atoms with E-state index < -0.39 is 24.3 Å². The van der Waals surface area contributed by atoms with E-state index in [1.54, 1.807) is 24.9 Å². The van der Waals surface area contributed by atoms with E-state index in [1.165, 1.54) is 4.80 Å². The molecule has 5 atom stereocenters. The zero-order valence-electron chi connectivity index (χ0n) is 30.0. The van der Waals surface area contributed by atoms with Gasteiger partial charge in [-0.2, -0.15) is 25.0 Å². The Hall–Kier alpha value is -5.93. The number of hydrogen-bond acceptors (Lipinski definition) is 11. The number of amides is 2. The number of fused-ring (bicyclic) bond motifs is 1. The van der Waals surface area contributed by atoms with Crippen molar-refractivity contribution in [3.05, 3.63) is 120 Å². The van der Waals surface area contributed by atoms with Crippen LogP contribution in [0.1, 0.15) is 60.2 Å². The fourth-order valence-corrected chi connectivity index (χ4v) is 7.51. The molecule has 278 valence electrons. The molecule has 1 aliphatic carbocycles. The lowest BCUT2D eigenvalue weighted by molar-refractivity contribution is 0.00497. The van der Waals surface area contributed by atoms with Crippen LogP contribution in [0.15, 0.2) is 97.7 Å². The van der Waals surface area contributed by atoms with Crippen LogP contribution in [0.2, 0.25) is 0 Å². The van der Waals surface area contributed by atoms with Crippen LogP contribution < -0.4 is 20.9 Å². The quantitative estimate of drug-likeness (QED) is 0.124. The zero-order chi connectivity index (χ0) is 37.0. The van der Waals surface area contributed by atoms with Gasteiger partial charge in [0.25, 0.3) is 0 Å². The van der Waals surface area contributed by atoms with Crippen LogP contribution in [-0.4, -0.2) is 93.6 Å². The molecule has 1 saturated carbocycles. The van der Waals surface area contributed by atoms with Gasteiger partial charge in [0.2, 0.25) is 5.95 Å². The van der Waals surface area contributed by atoms with Gasteiger partial charge in [-0.25, -0.2) is 9.78 Å². The van der Waals surface area contributed by atoms with Crippen LogP contribution in [0.5, 0.6) is 0 Å². The smallest absolute Gasteiger partial charge is 0.315 e. The number of hydrogen-bond donors (Lipinski definition) is 5. The maximum atomic E-state index is 12.8. The number of aliphatic hydroxyl groups excluding tert-OH is 2. The molecule has 2 amide bonds. The molecule has 5 heterocycles. The molecule has 8 rings (SSSR count). The minimum atomic E-state index is -1.11. The summed E-state index contributed by atoms with van der Waals surface area (Å²) in [7, 11) is 0. The molecule has 6 aromatic rings. The van der Waals surface area contributed by atoms with Gasteiger partial charge in [-0.15, -0.1) is 0 Å². The van der Waals surface area contributed by atoms with Gasteiger partial charge >= 0.3 is 6.03 Å². The standard InChI is InChI=1S/C39H44N12O3/c1-2-28-21-44-51(48-28)32-19-31(34(52)35(32)53)50-24-43-33-36(41-22-30(26-9-5-3-6-10-26)27-11-7-4-8-12-27)46-38(47-37(33)50)49-18-15-29(23-49)45-39(54)42-20-25-13-16-40-17-14-25/h3-14,16-17,21,24,29-32,34-35,52-53H,2,15,18-20,22-23H2,1H3,(H,41,46,47)(H2,42,45,54)/t29-,31-,32+,34+,35-/m1/s1. The molecule has 1 saturated heterocycles. The highest BCUT2D eigenvalue weighted by molar-refractivity contribution is 5.84. The fourth-order valence-electron chi connectivity index (χ4n) is 7.51. The van der Waals surface area contributed by atoms with E-state index in [0.29, 0.717) is 62.0 Å². The third-order valence-electron chi connectivity index (χ3n) is 10.5. The Bertz CT molecular complexity index is 2120. The van der Waals surface area contributed by atoms with Gasteiger partial charge in [0.1, 0.15) is 18.2 Å². The predicted molar refractivity (Wildman–Crippen MR) is 203 cm³/mol. The highest BCUT2D eigenvalue weighted by Gasteiger charge is 2.45. The van der Waals surface area contributed by atoms with E-state index >= 15 is 0 Å². The molecular weight excluding hydrogens is 685 g/mol. The number of aliphatic hydroxyl groups is 2. The highest BCUT2D eigenvalue weighted by atomic mass is 16.3. The SMILES string of the molecule is CCc1cnn([C@H]2C[C@@H](n3cnc4c(NCC(c5ccccc5)c5ccccc5)nc(N5CC[C@@H](NC(=O)NCc6ccncc6)C5)nc43)[C@H](O)[C@@H]2O)n1. The third-order valence-corrected chi connectivity index (χ3v) is 10.5. The van der Waals surface area contributed by atoms with Crippen LogP contribution >= 0.6 is 0 Å². The van der Waals surface area contributed by atoms with Gasteiger partial charge in [0.15, 0.2) is 17.0 Å². The van der Waals surface area contributed by atoms with Gasteiger partial charge in [-0.3, -0.25) is 4.98 Å². The molecule has 54 heavy (non-hydrogen) atoms. The van der Waals surface area contributed by atoms with Gasteiger partial charge in [0.05, 0.1) is 24.3 Å². The number of urea groups is 1. The van der Waals surface area contributed by atoms with Gasteiger partial charge in [-0.1, -0.05) is 67.6 Å². The molecule has 15 nitrogen and oxygen atoms in total. The molecule has 1 aliphatic heterocycles. The van der Waals surface area contributed by atoms with Crippen molar-refractivity contribution in [3.63, 3.8) is 0 Å². The molecular formula is C39H44N12O3. The van der Waals surface area contributed by atoms with E-state index in [-0.39, 0.29) is 18.0 Å². The number of imidazole rings is 1. The lowest BCUT2D eigenvalue weighted by Gasteiger charge is -2.22. The first-order valence-electron chi connectivity index (χ1n) is 18.5. The van der Waals surface area contributed by atoms with E-state index in [1.807, 2.05) is 60.0 Å². The lowest BCUT2D eigenvalue weighted by atomic mass is 9.91. The second-order valence-corrected chi connectivity index (χ2v) is 13.9. The summed E-state index contributed by atoms with van der Waals surface area (Å²) in [5, 5.41) is 41.2. The maximum absolute atomic E-state index is 12.8. The molecule has 0 spiro atoms. The highest BCUT2D eigenvalue weighted by Crippen LogP contribution is 2.40. The number of carbonyl (C=O) groups excluding carboxylic acids is 1. The number of rotatable bonds is 12. The minimum absolute atomic E-state index is 0.0242. The molecule has 2 aliphatic rings. The molecule has 4 aromatic heterocycles. The number of pyridine rings is 1. The summed E-state index contributed by atoms with van der Waals surface area (Å²) >= 11 is 0. The summed E-state index contributed by atoms with van der Waals surface area (Å²) in [6.07, 6.45) is 6.37. The van der Waals surface area contributed by atoms with Crippen LogP contribution in [0.25, 0.3) is 11.2 Å². The Morgan fingerprint density at radius 1 is 0.944 bits per heavy atom. The first-order valence-corrected chi connectivity index (χ1v) is 18.5. The van der Waals surface area contributed by atoms with Crippen molar-refractivity contribution in [2.24, 2.45) is 0 Å². The lowest BCUT2D eigenvalue weighted by Crippen LogP contribution is -2.43. The van der Waals surface area contributed by atoms with Crippen molar-refractivity contribution >= 4 is 29.0 Å². The van der Waals surface area contributed by atoms with Crippen molar-refractivity contribution in [2.45, 2.75) is 69.0 Å². The average molecular weight is 729 g/mol. The molecule has 0 bridgehead atoms. The maximum Gasteiger partial charge on any atom is 0.315 e. The molecule has 15 heteroatoms. The monoisotopic (exact) mass is 728 g/mol. The number of aromatic nitrogens is 8. The molecule has 0 radical (unpaired) electrons. The van der Waals surface area contributed by atoms with Crippen molar-refractivity contribution in [2.75, 3.05) is 29.9 Å². The van der Waals surface area contributed by atoms with Crippen molar-refractivity contribution in [3.8, 4) is 0 Å². The zero-order valence-corrected chi connectivity index (χ0v) is 30.0. The second kappa shape index (κ2) is 15.6. The Morgan fingerprint density at radius 3 is 2.37 bits per heavy atom. The average Bonchev–Trinajstić information content (AvgIpc) is 4.03. The Balaban J connectivity index is 1.08. The summed E-state index contributed by atoms with van der Waals surface area (Å²) in [6, 6.07) is 23.0. The number of benzene rings is 2. The summed E-state index contributed by atoms with van der Waals surface area (Å²) in [5.41, 5.74) is 5.19. The molecule has 0 unspecified atom stereocenters. The summed E-state index contributed by atoms with van der Waals surface area (Å²) < 4.78 is 1.84. The number of anilines is 2. The van der Waals surface area contributed by atoms with Gasteiger partial charge < -0.3 is 35.6 Å². The number of aryl methyl sites for hydroxylation is 1. The Kier molecular flexibility index (Phi) is 10.1. The molecule has 5 N–H and O–H groups in total. The fraction of sp³-hybridized carbons (Fsp3) is 0.359. The van der Waals surface area contributed by atoms with Gasteiger partial charge in [0, 0.05) is 50.5 Å². The third kappa shape index (κ3) is 7.32. The minimum Gasteiger partial charge on any atom is -0.388 e. The van der Waals surface area contributed by atoms with E-state index in [9.17, 15) is 15.0 Å². The van der Waals surface area contributed by atoms with Crippen molar-refractivity contribution in [1.29, 1.82) is 0 Å². The number of carbonyl (C=O) groups is 1. The molecule has 2 aromatic carbocycles. The normalized spacial score (nSPS) is 21.2. The second-order valence-electron chi connectivity index (χ2n) is 13.9. The predicted octanol–water partition coefficient (Wildman–Crippen LogP) is 3.61. The Morgan fingerprint density at radius 2 is 1.67 bits per heavy atom. The topological polar surface area (TPSA) is 184 Å². The van der Waals surface area contributed by atoms with E-state index in [4.69, 9.17) is 15.0 Å². The Labute approximate surface area is 312 Å². The van der Waals surface area contributed by atoms with Gasteiger partial charge in [-0.05, 0) is 48.1 Å². The first kappa shape index (κ1) is 35.1. The largest absolute Gasteiger partial charge is 0.388 e. The van der Waals surface area contributed by atoms with Crippen LogP contribution in [0.3, 0.4) is 0 Å². The van der Waals surface area contributed by atoms with E-state index in [2.05, 4.69) is 60.3 Å². The van der Waals surface area contributed by atoms with Crippen molar-refractivity contribution in [1.82, 2.24) is 50.1 Å². The molecule has 2 fully saturated rings. The van der Waals surface area contributed by atoms with Crippen LogP contribution in [0, 0.1) is 0 Å². The summed E-state index contributed by atoms with van der Waals surface area (Å²) in [4.78, 5) is 35.3. The number of nitrogens with one attached hydrogen (secondary N) is 3. The number of nitrogens with zero attached hydrogens (tertiary/aromatic N) is 9. The summed E-state index contributed by atoms with van der Waals surface area (Å²) in [6.45, 7) is 4.07. The van der Waals surface area contributed by atoms with Crippen LogP contribution in [-0.2, 0) is 13.0 Å². The summed E-state index contributed by atoms with van der Waals surface area (Å²) in [5.74, 6) is 1.06. The van der Waals surface area contributed by atoms with Crippen LogP contribution in [0.4, 0.5) is 16.6 Å². The first-order chi connectivity index (χ1) is 26.4. The van der Waals surface area contributed by atoms with E-state index in [0.717, 1.165) is 28.8 Å². The van der Waals surface area contributed by atoms with Crippen molar-refractivity contribution < 1.29 is 15.0 Å².